The molecule has 2 rings (SSSR count). The summed E-state index contributed by atoms with van der Waals surface area (Å²) >= 11 is 0. The summed E-state index contributed by atoms with van der Waals surface area (Å²) in [7, 11) is 0. The van der Waals surface area contributed by atoms with E-state index in [0.717, 1.165) is 5.69 Å². The molecule has 0 amide bonds. The van der Waals surface area contributed by atoms with Gasteiger partial charge >= 0.3 is 0 Å². The third kappa shape index (κ3) is 2.38. The van der Waals surface area contributed by atoms with Gasteiger partial charge in [-0.2, -0.15) is 0 Å². The Balaban J connectivity index is 2.08. The van der Waals surface area contributed by atoms with Gasteiger partial charge in [0.15, 0.2) is 0 Å². The topological polar surface area (TPSA) is 29.3 Å². The van der Waals surface area contributed by atoms with Crippen LogP contribution in [0.1, 0.15) is 38.8 Å². The molecule has 1 saturated heterocycles. The summed E-state index contributed by atoms with van der Waals surface area (Å²) in [6.45, 7) is 9.38. The standard InChI is InChI=1S/C14H22N2/c1-11(12-4-6-13(15)7-5-12)16-9-8-14(2,3)10-16/h4-7,11H,8-10,15H2,1-3H3. The minimum Gasteiger partial charge on any atom is -0.399 e. The number of likely N-dealkylation sites (tertiary alicyclic amines) is 1. The first-order valence-electron chi connectivity index (χ1n) is 6.07. The van der Waals surface area contributed by atoms with E-state index in [1.54, 1.807) is 0 Å². The Morgan fingerprint density at radius 2 is 1.88 bits per heavy atom. The van der Waals surface area contributed by atoms with Crippen LogP contribution in [-0.4, -0.2) is 18.0 Å². The fraction of sp³-hybridized carbons (Fsp3) is 0.571. The molecule has 1 heterocycles. The molecule has 1 aliphatic heterocycles. The molecule has 2 N–H and O–H groups in total. The molecule has 2 nitrogen and oxygen atoms in total. The van der Waals surface area contributed by atoms with Crippen molar-refractivity contribution in [1.29, 1.82) is 0 Å². The highest BCUT2D eigenvalue weighted by atomic mass is 15.2. The van der Waals surface area contributed by atoms with Gasteiger partial charge in [-0.05, 0) is 43.0 Å². The first-order chi connectivity index (χ1) is 7.48. The molecule has 0 spiro atoms. The van der Waals surface area contributed by atoms with Gasteiger partial charge in [-0.3, -0.25) is 4.90 Å². The van der Waals surface area contributed by atoms with E-state index in [4.69, 9.17) is 5.73 Å². The van der Waals surface area contributed by atoms with Gasteiger partial charge in [-0.1, -0.05) is 26.0 Å². The fourth-order valence-corrected chi connectivity index (χ4v) is 2.47. The molecule has 0 bridgehead atoms. The average molecular weight is 218 g/mol. The van der Waals surface area contributed by atoms with Gasteiger partial charge in [0.2, 0.25) is 0 Å². The molecule has 1 unspecified atom stereocenters. The number of rotatable bonds is 2. The largest absolute Gasteiger partial charge is 0.399 e. The van der Waals surface area contributed by atoms with Crippen molar-refractivity contribution in [2.45, 2.75) is 33.2 Å². The number of benzene rings is 1. The van der Waals surface area contributed by atoms with Crippen molar-refractivity contribution in [1.82, 2.24) is 4.90 Å². The summed E-state index contributed by atoms with van der Waals surface area (Å²) in [6.07, 6.45) is 1.30. The zero-order valence-corrected chi connectivity index (χ0v) is 10.5. The van der Waals surface area contributed by atoms with Crippen molar-refractivity contribution in [3.05, 3.63) is 29.8 Å². The second kappa shape index (κ2) is 4.10. The average Bonchev–Trinajstić information content (AvgIpc) is 2.59. The molecule has 0 aromatic heterocycles. The monoisotopic (exact) mass is 218 g/mol. The Morgan fingerprint density at radius 1 is 1.25 bits per heavy atom. The Kier molecular flexibility index (Phi) is 2.94. The number of nitrogens with zero attached hydrogens (tertiary/aromatic N) is 1. The minimum absolute atomic E-state index is 0.474. The molecule has 1 fully saturated rings. The maximum absolute atomic E-state index is 5.71. The van der Waals surface area contributed by atoms with E-state index in [2.05, 4.69) is 37.8 Å². The second-order valence-electron chi connectivity index (χ2n) is 5.73. The number of hydrogen-bond donors (Lipinski definition) is 1. The van der Waals surface area contributed by atoms with Crippen molar-refractivity contribution in [2.24, 2.45) is 5.41 Å². The maximum atomic E-state index is 5.71. The Labute approximate surface area is 98.4 Å². The van der Waals surface area contributed by atoms with Gasteiger partial charge in [-0.25, -0.2) is 0 Å². The number of hydrogen-bond acceptors (Lipinski definition) is 2. The third-order valence-corrected chi connectivity index (χ3v) is 3.67. The highest BCUT2D eigenvalue weighted by Gasteiger charge is 2.31. The van der Waals surface area contributed by atoms with Crippen molar-refractivity contribution < 1.29 is 0 Å². The van der Waals surface area contributed by atoms with Crippen molar-refractivity contribution in [3.63, 3.8) is 0 Å². The quantitative estimate of drug-likeness (QED) is 0.773. The minimum atomic E-state index is 0.474. The van der Waals surface area contributed by atoms with Crippen LogP contribution in [0.3, 0.4) is 0 Å². The maximum Gasteiger partial charge on any atom is 0.0320 e. The van der Waals surface area contributed by atoms with Gasteiger partial charge in [-0.15, -0.1) is 0 Å². The first kappa shape index (κ1) is 11.5. The molecule has 1 aromatic rings. The van der Waals surface area contributed by atoms with Crippen LogP contribution in [-0.2, 0) is 0 Å². The normalized spacial score (nSPS) is 22.2. The lowest BCUT2D eigenvalue weighted by molar-refractivity contribution is 0.232. The van der Waals surface area contributed by atoms with Gasteiger partial charge in [0.05, 0.1) is 0 Å². The SMILES string of the molecule is CC(c1ccc(N)cc1)N1CCC(C)(C)C1. The van der Waals surface area contributed by atoms with Crippen molar-refractivity contribution >= 4 is 5.69 Å². The highest BCUT2D eigenvalue weighted by Crippen LogP contribution is 2.34. The molecular weight excluding hydrogens is 196 g/mol. The highest BCUT2D eigenvalue weighted by molar-refractivity contribution is 5.40. The van der Waals surface area contributed by atoms with Crippen molar-refractivity contribution in [2.75, 3.05) is 18.8 Å². The Morgan fingerprint density at radius 3 is 2.38 bits per heavy atom. The number of nitrogen functional groups attached to an aromatic ring is 1. The number of anilines is 1. The molecule has 0 saturated carbocycles. The predicted molar refractivity (Wildman–Crippen MR) is 69.2 cm³/mol. The van der Waals surface area contributed by atoms with Gasteiger partial charge in [0.1, 0.15) is 0 Å². The molecule has 88 valence electrons. The van der Waals surface area contributed by atoms with Crippen LogP contribution in [0.15, 0.2) is 24.3 Å². The number of nitrogens with two attached hydrogens (primary N) is 1. The van der Waals surface area contributed by atoms with E-state index < -0.39 is 0 Å². The van der Waals surface area contributed by atoms with Crippen molar-refractivity contribution in [3.8, 4) is 0 Å². The third-order valence-electron chi connectivity index (χ3n) is 3.67. The summed E-state index contributed by atoms with van der Waals surface area (Å²) in [5.74, 6) is 0. The van der Waals surface area contributed by atoms with Gasteiger partial charge in [0.25, 0.3) is 0 Å². The molecular formula is C14H22N2. The first-order valence-corrected chi connectivity index (χ1v) is 6.07. The van der Waals surface area contributed by atoms with Gasteiger partial charge < -0.3 is 5.73 Å². The Hall–Kier alpha value is -1.02. The van der Waals surface area contributed by atoms with Crippen LogP contribution in [0.2, 0.25) is 0 Å². The fourth-order valence-electron chi connectivity index (χ4n) is 2.47. The van der Waals surface area contributed by atoms with Crippen LogP contribution >= 0.6 is 0 Å². The van der Waals surface area contributed by atoms with E-state index in [1.807, 2.05) is 12.1 Å². The van der Waals surface area contributed by atoms with Crippen LogP contribution in [0.25, 0.3) is 0 Å². The Bertz CT molecular complexity index is 354. The second-order valence-corrected chi connectivity index (χ2v) is 5.73. The summed E-state index contributed by atoms with van der Waals surface area (Å²) in [4.78, 5) is 2.56. The van der Waals surface area contributed by atoms with Crippen LogP contribution in [0.5, 0.6) is 0 Å². The van der Waals surface area contributed by atoms with E-state index in [9.17, 15) is 0 Å². The molecule has 1 aliphatic rings. The lowest BCUT2D eigenvalue weighted by atomic mass is 9.93. The van der Waals surface area contributed by atoms with E-state index >= 15 is 0 Å². The van der Waals surface area contributed by atoms with Gasteiger partial charge in [0, 0.05) is 18.3 Å². The van der Waals surface area contributed by atoms with E-state index in [0.29, 0.717) is 11.5 Å². The van der Waals surface area contributed by atoms with Crippen LogP contribution in [0, 0.1) is 5.41 Å². The summed E-state index contributed by atoms with van der Waals surface area (Å²) in [5, 5.41) is 0. The van der Waals surface area contributed by atoms with Crippen LogP contribution in [0.4, 0.5) is 5.69 Å². The summed E-state index contributed by atoms with van der Waals surface area (Å²) in [6, 6.07) is 8.78. The summed E-state index contributed by atoms with van der Waals surface area (Å²) in [5.41, 5.74) is 8.40. The predicted octanol–water partition coefficient (Wildman–Crippen LogP) is 3.06. The molecule has 1 atom stereocenters. The van der Waals surface area contributed by atoms with E-state index in [1.165, 1.54) is 25.1 Å². The molecule has 0 aliphatic carbocycles. The zero-order chi connectivity index (χ0) is 11.8. The lowest BCUT2D eigenvalue weighted by Crippen LogP contribution is -2.26. The lowest BCUT2D eigenvalue weighted by Gasteiger charge is -2.26. The van der Waals surface area contributed by atoms with E-state index in [-0.39, 0.29) is 0 Å². The van der Waals surface area contributed by atoms with Crippen LogP contribution < -0.4 is 5.73 Å². The molecule has 16 heavy (non-hydrogen) atoms. The zero-order valence-electron chi connectivity index (χ0n) is 10.5. The smallest absolute Gasteiger partial charge is 0.0320 e. The molecule has 1 aromatic carbocycles. The molecule has 0 radical (unpaired) electrons. The molecule has 2 heteroatoms. The summed E-state index contributed by atoms with van der Waals surface area (Å²) < 4.78 is 0.